The topological polar surface area (TPSA) is 34.1 Å². The summed E-state index contributed by atoms with van der Waals surface area (Å²) in [5, 5.41) is 2.95. The molecule has 0 saturated heterocycles. The van der Waals surface area contributed by atoms with Gasteiger partial charge in [-0.05, 0) is 30.3 Å². The lowest BCUT2D eigenvalue weighted by Crippen LogP contribution is -2.18. The number of nitrogens with zero attached hydrogens (tertiary/aromatic N) is 1. The maximum absolute atomic E-state index is 12.4. The first-order valence-electron chi connectivity index (χ1n) is 5.28. The fraction of sp³-hybridized carbons (Fsp3) is 0.0833. The summed E-state index contributed by atoms with van der Waals surface area (Å²) in [6, 6.07) is 8.98. The summed E-state index contributed by atoms with van der Waals surface area (Å²) in [5.41, 5.74) is 0.125. The van der Waals surface area contributed by atoms with Crippen LogP contribution in [-0.2, 0) is 0 Å². The molecule has 0 aliphatic heterocycles. The van der Waals surface area contributed by atoms with Gasteiger partial charge >= 0.3 is 6.36 Å². The lowest BCUT2D eigenvalue weighted by atomic mass is 10.3. The average molecular weight is 368 g/mol. The monoisotopic (exact) mass is 366 g/mol. The third-order valence-electron chi connectivity index (χ3n) is 2.15. The van der Waals surface area contributed by atoms with Crippen LogP contribution >= 0.6 is 27.5 Å². The first kappa shape index (κ1) is 14.9. The molecular weight excluding hydrogens is 360 g/mol. The molecule has 1 aromatic heterocycles. The summed E-state index contributed by atoms with van der Waals surface area (Å²) in [6.07, 6.45) is -4.78. The van der Waals surface area contributed by atoms with Crippen molar-refractivity contribution in [2.24, 2.45) is 0 Å². The lowest BCUT2D eigenvalue weighted by molar-refractivity contribution is -0.274. The van der Waals surface area contributed by atoms with Crippen LogP contribution in [0.15, 0.2) is 40.9 Å². The molecule has 0 bridgehead atoms. The van der Waals surface area contributed by atoms with Gasteiger partial charge in [-0.3, -0.25) is 0 Å². The number of hydrogen-bond donors (Lipinski definition) is 1. The molecule has 2 rings (SSSR count). The van der Waals surface area contributed by atoms with Crippen molar-refractivity contribution in [1.82, 2.24) is 4.98 Å². The van der Waals surface area contributed by atoms with Gasteiger partial charge in [-0.2, -0.15) is 0 Å². The summed E-state index contributed by atoms with van der Waals surface area (Å²) < 4.78 is 41.5. The van der Waals surface area contributed by atoms with Gasteiger partial charge in [0.2, 0.25) is 0 Å². The number of ether oxygens (including phenoxy) is 1. The Morgan fingerprint density at radius 1 is 1.20 bits per heavy atom. The third-order valence-corrected chi connectivity index (χ3v) is 2.85. The number of halogens is 5. The molecular formula is C12H7BrClF3N2O. The Kier molecular flexibility index (Phi) is 4.39. The Balaban J connectivity index is 2.31. The molecule has 1 N–H and O–H groups in total. The van der Waals surface area contributed by atoms with E-state index in [4.69, 9.17) is 11.6 Å². The third kappa shape index (κ3) is 4.28. The number of hydrogen-bond acceptors (Lipinski definition) is 3. The number of benzene rings is 1. The Hall–Kier alpha value is -1.47. The number of nitrogens with one attached hydrogen (secondary N) is 1. The van der Waals surface area contributed by atoms with E-state index in [1.165, 1.54) is 12.1 Å². The van der Waals surface area contributed by atoms with Gasteiger partial charge < -0.3 is 10.1 Å². The minimum atomic E-state index is -4.78. The number of rotatable bonds is 3. The minimum absolute atomic E-state index is 0.125. The molecule has 0 spiro atoms. The molecule has 2 aromatic rings. The van der Waals surface area contributed by atoms with Gasteiger partial charge in [0.25, 0.3) is 0 Å². The fourth-order valence-electron chi connectivity index (χ4n) is 1.42. The standard InChI is InChI=1S/C12H7BrClF3N2O/c13-7-4-5-8(9(6-7)20-12(15,16)17)18-11-3-1-2-10(14)19-11/h1-6H,(H,18,19). The zero-order valence-electron chi connectivity index (χ0n) is 9.71. The van der Waals surface area contributed by atoms with E-state index >= 15 is 0 Å². The second kappa shape index (κ2) is 5.88. The molecule has 1 heterocycles. The van der Waals surface area contributed by atoms with Crippen LogP contribution in [0.5, 0.6) is 5.75 Å². The van der Waals surface area contributed by atoms with Gasteiger partial charge in [-0.25, -0.2) is 4.98 Å². The zero-order valence-corrected chi connectivity index (χ0v) is 12.1. The van der Waals surface area contributed by atoms with E-state index in [-0.39, 0.29) is 16.6 Å². The van der Waals surface area contributed by atoms with Gasteiger partial charge in [0.1, 0.15) is 11.0 Å². The highest BCUT2D eigenvalue weighted by Gasteiger charge is 2.32. The molecule has 3 nitrogen and oxygen atoms in total. The number of pyridine rings is 1. The first-order valence-corrected chi connectivity index (χ1v) is 6.45. The molecule has 0 aliphatic carbocycles. The largest absolute Gasteiger partial charge is 0.573 e. The zero-order chi connectivity index (χ0) is 14.8. The van der Waals surface area contributed by atoms with Crippen LogP contribution in [0.4, 0.5) is 24.7 Å². The van der Waals surface area contributed by atoms with Crippen molar-refractivity contribution in [3.8, 4) is 5.75 Å². The molecule has 0 unspecified atom stereocenters. The molecule has 8 heteroatoms. The molecule has 0 saturated carbocycles. The summed E-state index contributed by atoms with van der Waals surface area (Å²) in [4.78, 5) is 3.93. The van der Waals surface area contributed by atoms with Crippen molar-refractivity contribution in [2.75, 3.05) is 5.32 Å². The van der Waals surface area contributed by atoms with Crippen molar-refractivity contribution in [3.05, 3.63) is 46.0 Å². The van der Waals surface area contributed by atoms with Crippen LogP contribution in [0.2, 0.25) is 5.15 Å². The molecule has 0 amide bonds. The van der Waals surface area contributed by atoms with Crippen LogP contribution in [-0.4, -0.2) is 11.3 Å². The van der Waals surface area contributed by atoms with Crippen LogP contribution in [0.3, 0.4) is 0 Å². The SMILES string of the molecule is FC(F)(F)Oc1cc(Br)ccc1Nc1cccc(Cl)n1. The van der Waals surface area contributed by atoms with Crippen LogP contribution < -0.4 is 10.1 Å². The molecule has 20 heavy (non-hydrogen) atoms. The van der Waals surface area contributed by atoms with E-state index in [0.29, 0.717) is 10.3 Å². The van der Waals surface area contributed by atoms with E-state index in [1.54, 1.807) is 24.3 Å². The van der Waals surface area contributed by atoms with E-state index in [2.05, 4.69) is 31.0 Å². The minimum Gasteiger partial charge on any atom is -0.404 e. The van der Waals surface area contributed by atoms with Crippen molar-refractivity contribution >= 4 is 39.0 Å². The highest BCUT2D eigenvalue weighted by Crippen LogP contribution is 2.34. The van der Waals surface area contributed by atoms with Crippen LogP contribution in [0, 0.1) is 0 Å². The summed E-state index contributed by atoms with van der Waals surface area (Å²) >= 11 is 8.80. The molecule has 106 valence electrons. The summed E-state index contributed by atoms with van der Waals surface area (Å²) in [7, 11) is 0. The van der Waals surface area contributed by atoms with E-state index in [9.17, 15) is 13.2 Å². The maximum atomic E-state index is 12.4. The van der Waals surface area contributed by atoms with E-state index < -0.39 is 6.36 Å². The number of anilines is 2. The Morgan fingerprint density at radius 3 is 2.60 bits per heavy atom. The van der Waals surface area contributed by atoms with Crippen molar-refractivity contribution in [3.63, 3.8) is 0 Å². The maximum Gasteiger partial charge on any atom is 0.573 e. The van der Waals surface area contributed by atoms with Crippen molar-refractivity contribution in [1.29, 1.82) is 0 Å². The smallest absolute Gasteiger partial charge is 0.404 e. The van der Waals surface area contributed by atoms with Crippen LogP contribution in [0.25, 0.3) is 0 Å². The van der Waals surface area contributed by atoms with E-state index in [1.807, 2.05) is 0 Å². The molecule has 0 radical (unpaired) electrons. The Labute approximate surface area is 125 Å². The highest BCUT2D eigenvalue weighted by molar-refractivity contribution is 9.10. The fourth-order valence-corrected chi connectivity index (χ4v) is 1.93. The predicted octanol–water partition coefficient (Wildman–Crippen LogP) is 5.14. The van der Waals surface area contributed by atoms with E-state index in [0.717, 1.165) is 0 Å². The molecule has 0 aliphatic rings. The first-order chi connectivity index (χ1) is 9.33. The molecule has 0 atom stereocenters. The number of aromatic nitrogens is 1. The summed E-state index contributed by atoms with van der Waals surface area (Å²) in [5.74, 6) is -0.0551. The Morgan fingerprint density at radius 2 is 1.95 bits per heavy atom. The highest BCUT2D eigenvalue weighted by atomic mass is 79.9. The lowest BCUT2D eigenvalue weighted by Gasteiger charge is -2.14. The average Bonchev–Trinajstić information content (AvgIpc) is 2.31. The van der Waals surface area contributed by atoms with Gasteiger partial charge in [0.15, 0.2) is 5.75 Å². The van der Waals surface area contributed by atoms with Crippen molar-refractivity contribution < 1.29 is 17.9 Å². The summed E-state index contributed by atoms with van der Waals surface area (Å²) in [6.45, 7) is 0. The normalized spacial score (nSPS) is 11.2. The Bertz CT molecular complexity index is 622. The van der Waals surface area contributed by atoms with Gasteiger partial charge in [-0.15, -0.1) is 13.2 Å². The van der Waals surface area contributed by atoms with Gasteiger partial charge in [-0.1, -0.05) is 33.6 Å². The predicted molar refractivity (Wildman–Crippen MR) is 73.4 cm³/mol. The number of alkyl halides is 3. The van der Waals surface area contributed by atoms with Crippen molar-refractivity contribution in [2.45, 2.75) is 6.36 Å². The van der Waals surface area contributed by atoms with Gasteiger partial charge in [0.05, 0.1) is 5.69 Å². The van der Waals surface area contributed by atoms with Gasteiger partial charge in [0, 0.05) is 4.47 Å². The molecule has 1 aromatic carbocycles. The second-order valence-corrected chi connectivity index (χ2v) is 4.96. The molecule has 0 fully saturated rings. The quantitative estimate of drug-likeness (QED) is 0.763. The second-order valence-electron chi connectivity index (χ2n) is 3.66. The van der Waals surface area contributed by atoms with Crippen LogP contribution in [0.1, 0.15) is 0 Å².